The molecule has 1 saturated heterocycles. The van der Waals surface area contributed by atoms with Gasteiger partial charge in [-0.25, -0.2) is 0 Å². The summed E-state index contributed by atoms with van der Waals surface area (Å²) in [5.41, 5.74) is 0.258. The van der Waals surface area contributed by atoms with Gasteiger partial charge in [-0.3, -0.25) is 28.9 Å². The van der Waals surface area contributed by atoms with Crippen molar-refractivity contribution in [2.24, 2.45) is 11.8 Å². The maximum absolute atomic E-state index is 13.8. The number of ether oxygens (including phenoxy) is 4. The van der Waals surface area contributed by atoms with Crippen LogP contribution in [0.1, 0.15) is 65.1 Å². The summed E-state index contributed by atoms with van der Waals surface area (Å²) in [4.78, 5) is 66.5. The molecule has 0 bridgehead atoms. The SMILES string of the molecule is CC(C)C(=O)Oc1cccc2c1C(=O)c1c(OC(=O)C(C)C)cc(COC(=O)CN3CCOCC3)cc1C2=O. The van der Waals surface area contributed by atoms with Gasteiger partial charge in [0.25, 0.3) is 0 Å². The van der Waals surface area contributed by atoms with Gasteiger partial charge >= 0.3 is 17.9 Å². The summed E-state index contributed by atoms with van der Waals surface area (Å²) in [6.07, 6.45) is 0. The second kappa shape index (κ2) is 11.9. The summed E-state index contributed by atoms with van der Waals surface area (Å²) in [7, 11) is 0. The van der Waals surface area contributed by atoms with Crippen molar-refractivity contribution in [1.29, 1.82) is 0 Å². The predicted molar refractivity (Wildman–Crippen MR) is 138 cm³/mol. The molecule has 4 rings (SSSR count). The molecule has 2 aliphatic rings. The Kier molecular flexibility index (Phi) is 8.57. The third kappa shape index (κ3) is 6.23. The number of nitrogens with zero attached hydrogens (tertiary/aromatic N) is 1. The molecule has 39 heavy (non-hydrogen) atoms. The van der Waals surface area contributed by atoms with Gasteiger partial charge in [0.1, 0.15) is 18.1 Å². The third-order valence-electron chi connectivity index (χ3n) is 6.35. The first-order chi connectivity index (χ1) is 18.6. The van der Waals surface area contributed by atoms with Crippen molar-refractivity contribution < 1.29 is 42.9 Å². The van der Waals surface area contributed by atoms with Crippen LogP contribution in [0.3, 0.4) is 0 Å². The van der Waals surface area contributed by atoms with Gasteiger partial charge in [0, 0.05) is 24.2 Å². The number of esters is 3. The number of fused-ring (bicyclic) bond motifs is 2. The van der Waals surface area contributed by atoms with E-state index in [1.54, 1.807) is 27.7 Å². The number of carbonyl (C=O) groups is 5. The first-order valence-corrected chi connectivity index (χ1v) is 12.8. The molecule has 1 fully saturated rings. The summed E-state index contributed by atoms with van der Waals surface area (Å²) in [6, 6.07) is 7.31. The molecule has 10 nitrogen and oxygen atoms in total. The lowest BCUT2D eigenvalue weighted by Gasteiger charge is -2.25. The van der Waals surface area contributed by atoms with Crippen LogP contribution in [0.15, 0.2) is 30.3 Å². The van der Waals surface area contributed by atoms with E-state index in [1.165, 1.54) is 30.3 Å². The van der Waals surface area contributed by atoms with Gasteiger partial charge in [-0.2, -0.15) is 0 Å². The predicted octanol–water partition coefficient (Wildman–Crippen LogP) is 2.96. The summed E-state index contributed by atoms with van der Waals surface area (Å²) in [5, 5.41) is 0. The van der Waals surface area contributed by atoms with Crippen LogP contribution >= 0.6 is 0 Å². The number of carbonyl (C=O) groups excluding carboxylic acids is 5. The van der Waals surface area contributed by atoms with Gasteiger partial charge in [0.05, 0.1) is 42.7 Å². The normalized spacial score (nSPS) is 15.1. The number of morpholine rings is 1. The Bertz CT molecular complexity index is 1320. The maximum atomic E-state index is 13.8. The zero-order valence-corrected chi connectivity index (χ0v) is 22.4. The molecule has 0 unspecified atom stereocenters. The van der Waals surface area contributed by atoms with Gasteiger partial charge in [0.2, 0.25) is 5.78 Å². The van der Waals surface area contributed by atoms with Gasteiger partial charge < -0.3 is 18.9 Å². The van der Waals surface area contributed by atoms with Gasteiger partial charge in [-0.15, -0.1) is 0 Å². The number of ketones is 2. The Balaban J connectivity index is 1.68. The van der Waals surface area contributed by atoms with E-state index in [4.69, 9.17) is 18.9 Å². The molecule has 10 heteroatoms. The highest BCUT2D eigenvalue weighted by Gasteiger charge is 2.36. The standard InChI is InChI=1S/C29H31NO9/c1-16(2)28(34)38-21-7-5-6-19-24(21)27(33)25-20(26(19)32)12-18(13-22(25)39-29(35)17(3)4)15-37-23(31)14-30-8-10-36-11-9-30/h5-7,12-13,16-17H,8-11,14-15H2,1-4H3. The molecule has 0 radical (unpaired) electrons. The van der Waals surface area contributed by atoms with Crippen LogP contribution in [0, 0.1) is 11.8 Å². The van der Waals surface area contributed by atoms with E-state index in [0.29, 0.717) is 31.9 Å². The topological polar surface area (TPSA) is 126 Å². The first-order valence-electron chi connectivity index (χ1n) is 12.8. The highest BCUT2D eigenvalue weighted by atomic mass is 16.5. The van der Waals surface area contributed by atoms with E-state index in [2.05, 4.69) is 0 Å². The van der Waals surface area contributed by atoms with Gasteiger partial charge in [0.15, 0.2) is 5.78 Å². The van der Waals surface area contributed by atoms with Crippen molar-refractivity contribution in [2.75, 3.05) is 32.8 Å². The van der Waals surface area contributed by atoms with Crippen molar-refractivity contribution in [3.05, 3.63) is 58.1 Å². The van der Waals surface area contributed by atoms with E-state index in [9.17, 15) is 24.0 Å². The minimum absolute atomic E-state index is 0.00752. The second-order valence-electron chi connectivity index (χ2n) is 10.1. The molecule has 1 aliphatic heterocycles. The van der Waals surface area contributed by atoms with E-state index >= 15 is 0 Å². The van der Waals surface area contributed by atoms with Crippen molar-refractivity contribution in [3.63, 3.8) is 0 Å². The zero-order valence-electron chi connectivity index (χ0n) is 22.4. The van der Waals surface area contributed by atoms with Crippen molar-refractivity contribution in [2.45, 2.75) is 34.3 Å². The summed E-state index contributed by atoms with van der Waals surface area (Å²) in [6.45, 7) is 8.79. The molecule has 206 valence electrons. The Labute approximate surface area is 226 Å². The molecular weight excluding hydrogens is 506 g/mol. The lowest BCUT2D eigenvalue weighted by atomic mass is 9.82. The first kappa shape index (κ1) is 28.1. The van der Waals surface area contributed by atoms with Gasteiger partial charge in [-0.05, 0) is 23.8 Å². The fourth-order valence-corrected chi connectivity index (χ4v) is 4.16. The molecule has 0 saturated carbocycles. The quantitative estimate of drug-likeness (QED) is 0.313. The summed E-state index contributed by atoms with van der Waals surface area (Å²) >= 11 is 0. The summed E-state index contributed by atoms with van der Waals surface area (Å²) in [5.74, 6) is -3.89. The lowest BCUT2D eigenvalue weighted by Crippen LogP contribution is -2.40. The number of hydrogen-bond donors (Lipinski definition) is 0. The zero-order chi connectivity index (χ0) is 28.3. The highest BCUT2D eigenvalue weighted by Crippen LogP contribution is 2.38. The van der Waals surface area contributed by atoms with Crippen molar-refractivity contribution in [3.8, 4) is 11.5 Å². The summed E-state index contributed by atoms with van der Waals surface area (Å²) < 4.78 is 21.7. The lowest BCUT2D eigenvalue weighted by molar-refractivity contribution is -0.147. The fourth-order valence-electron chi connectivity index (χ4n) is 4.16. The number of benzene rings is 2. The molecule has 0 atom stereocenters. The molecule has 1 aliphatic carbocycles. The van der Waals surface area contributed by atoms with Crippen molar-refractivity contribution in [1.82, 2.24) is 4.90 Å². The Hall–Kier alpha value is -3.89. The number of rotatable bonds is 8. The van der Waals surface area contributed by atoms with E-state index < -0.39 is 41.3 Å². The van der Waals surface area contributed by atoms with Crippen LogP contribution < -0.4 is 9.47 Å². The monoisotopic (exact) mass is 537 g/mol. The Morgan fingerprint density at radius 2 is 1.46 bits per heavy atom. The molecule has 0 spiro atoms. The van der Waals surface area contributed by atoms with Crippen LogP contribution in [-0.2, 0) is 30.5 Å². The van der Waals surface area contributed by atoms with Crippen molar-refractivity contribution >= 4 is 29.5 Å². The van der Waals surface area contributed by atoms with Crippen LogP contribution in [0.25, 0.3) is 0 Å². The molecule has 0 amide bonds. The average Bonchev–Trinajstić information content (AvgIpc) is 2.90. The Morgan fingerprint density at radius 3 is 2.10 bits per heavy atom. The molecule has 0 N–H and O–H groups in total. The van der Waals surface area contributed by atoms with Crippen LogP contribution in [0.5, 0.6) is 11.5 Å². The largest absolute Gasteiger partial charge is 0.460 e. The maximum Gasteiger partial charge on any atom is 0.320 e. The van der Waals surface area contributed by atoms with Gasteiger partial charge in [-0.1, -0.05) is 39.8 Å². The van der Waals surface area contributed by atoms with Crippen LogP contribution in [-0.4, -0.2) is 67.2 Å². The molecule has 2 aromatic rings. The molecular formula is C29H31NO9. The van der Waals surface area contributed by atoms with E-state index in [-0.39, 0.29) is 46.9 Å². The minimum atomic E-state index is -0.617. The minimum Gasteiger partial charge on any atom is -0.460 e. The van der Waals surface area contributed by atoms with Crippen LogP contribution in [0.2, 0.25) is 0 Å². The smallest absolute Gasteiger partial charge is 0.320 e. The average molecular weight is 538 g/mol. The third-order valence-corrected chi connectivity index (χ3v) is 6.35. The fraction of sp³-hybridized carbons (Fsp3) is 0.414. The van der Waals surface area contributed by atoms with E-state index in [1.807, 2.05) is 4.90 Å². The Morgan fingerprint density at radius 1 is 0.846 bits per heavy atom. The molecule has 0 aromatic heterocycles. The highest BCUT2D eigenvalue weighted by molar-refractivity contribution is 6.30. The second-order valence-corrected chi connectivity index (χ2v) is 10.1. The molecule has 2 aromatic carbocycles. The molecule has 1 heterocycles. The van der Waals surface area contributed by atoms with E-state index in [0.717, 1.165) is 0 Å². The number of hydrogen-bond acceptors (Lipinski definition) is 10. The van der Waals surface area contributed by atoms with Crippen LogP contribution in [0.4, 0.5) is 0 Å².